The Morgan fingerprint density at radius 3 is 2.80 bits per heavy atom. The van der Waals surface area contributed by atoms with Crippen LogP contribution in [-0.4, -0.2) is 59.4 Å². The number of nitrogens with zero attached hydrogens (tertiary/aromatic N) is 1. The third-order valence-electron chi connectivity index (χ3n) is 3.78. The number of benzene rings is 1. The van der Waals surface area contributed by atoms with Gasteiger partial charge in [-0.05, 0) is 19.0 Å². The van der Waals surface area contributed by atoms with Gasteiger partial charge in [-0.1, -0.05) is 30.3 Å². The molecule has 1 aliphatic heterocycles. The second-order valence-electron chi connectivity index (χ2n) is 5.41. The first kappa shape index (κ1) is 15.0. The monoisotopic (exact) mass is 278 g/mol. The van der Waals surface area contributed by atoms with Crippen molar-refractivity contribution in [1.29, 1.82) is 0 Å². The van der Waals surface area contributed by atoms with E-state index in [2.05, 4.69) is 5.32 Å². The number of aliphatic hydroxyl groups excluding tert-OH is 1. The molecule has 0 aliphatic carbocycles. The molecular weight excluding hydrogens is 256 g/mol. The fraction of sp³-hybridized carbons (Fsp3) is 0.533. The molecule has 1 aromatic carbocycles. The van der Waals surface area contributed by atoms with Crippen molar-refractivity contribution in [2.75, 3.05) is 26.7 Å². The SMILES string of the molecule is CNC[C@]1(O)CN(C(=O)CCc2ccccc2)C[C@H]1O. The number of hydrogen-bond acceptors (Lipinski definition) is 4. The Morgan fingerprint density at radius 1 is 1.45 bits per heavy atom. The van der Waals surface area contributed by atoms with E-state index in [4.69, 9.17) is 0 Å². The number of carbonyl (C=O) groups excluding carboxylic acids is 1. The van der Waals surface area contributed by atoms with Gasteiger partial charge < -0.3 is 20.4 Å². The molecule has 0 unspecified atom stereocenters. The second-order valence-corrected chi connectivity index (χ2v) is 5.41. The summed E-state index contributed by atoms with van der Waals surface area (Å²) in [6.07, 6.45) is 0.180. The number of rotatable bonds is 5. The van der Waals surface area contributed by atoms with Gasteiger partial charge in [-0.15, -0.1) is 0 Å². The van der Waals surface area contributed by atoms with Gasteiger partial charge in [-0.25, -0.2) is 0 Å². The first-order valence-electron chi connectivity index (χ1n) is 6.92. The Balaban J connectivity index is 1.88. The molecular formula is C15H22N2O3. The van der Waals surface area contributed by atoms with Crippen molar-refractivity contribution >= 4 is 5.91 Å². The average Bonchev–Trinajstić information content (AvgIpc) is 2.74. The van der Waals surface area contributed by atoms with Crippen LogP contribution in [0.3, 0.4) is 0 Å². The lowest BCUT2D eigenvalue weighted by Crippen LogP contribution is -2.49. The highest BCUT2D eigenvalue weighted by atomic mass is 16.3. The smallest absolute Gasteiger partial charge is 0.223 e. The topological polar surface area (TPSA) is 72.8 Å². The second kappa shape index (κ2) is 6.35. The van der Waals surface area contributed by atoms with E-state index in [1.807, 2.05) is 30.3 Å². The highest BCUT2D eigenvalue weighted by Gasteiger charge is 2.45. The zero-order chi connectivity index (χ0) is 14.6. The normalized spacial score (nSPS) is 25.9. The van der Waals surface area contributed by atoms with Crippen molar-refractivity contribution in [2.24, 2.45) is 0 Å². The van der Waals surface area contributed by atoms with Crippen molar-refractivity contribution in [3.8, 4) is 0 Å². The van der Waals surface area contributed by atoms with Crippen molar-refractivity contribution in [3.05, 3.63) is 35.9 Å². The molecule has 1 fully saturated rings. The zero-order valence-corrected chi connectivity index (χ0v) is 11.7. The Hall–Kier alpha value is -1.43. The molecule has 20 heavy (non-hydrogen) atoms. The van der Waals surface area contributed by atoms with Gasteiger partial charge in [0.15, 0.2) is 0 Å². The van der Waals surface area contributed by atoms with E-state index in [0.29, 0.717) is 12.8 Å². The molecule has 0 saturated carbocycles. The largest absolute Gasteiger partial charge is 0.388 e. The molecule has 1 heterocycles. The van der Waals surface area contributed by atoms with Crippen LogP contribution in [0.5, 0.6) is 0 Å². The molecule has 110 valence electrons. The minimum absolute atomic E-state index is 0.0278. The van der Waals surface area contributed by atoms with Crippen molar-refractivity contribution in [3.63, 3.8) is 0 Å². The van der Waals surface area contributed by atoms with Crippen LogP contribution in [-0.2, 0) is 11.2 Å². The number of likely N-dealkylation sites (tertiary alicyclic amines) is 1. The average molecular weight is 278 g/mol. The van der Waals surface area contributed by atoms with E-state index in [-0.39, 0.29) is 25.5 Å². The highest BCUT2D eigenvalue weighted by Crippen LogP contribution is 2.22. The molecule has 2 atom stereocenters. The maximum atomic E-state index is 12.1. The van der Waals surface area contributed by atoms with Crippen LogP contribution < -0.4 is 5.32 Å². The van der Waals surface area contributed by atoms with Gasteiger partial charge in [0.1, 0.15) is 11.7 Å². The van der Waals surface area contributed by atoms with Gasteiger partial charge in [0.05, 0.1) is 6.54 Å². The van der Waals surface area contributed by atoms with Gasteiger partial charge in [0, 0.05) is 19.5 Å². The van der Waals surface area contributed by atoms with Crippen molar-refractivity contribution in [2.45, 2.75) is 24.5 Å². The molecule has 2 rings (SSSR count). The van der Waals surface area contributed by atoms with Crippen molar-refractivity contribution in [1.82, 2.24) is 10.2 Å². The first-order chi connectivity index (χ1) is 9.55. The molecule has 0 bridgehead atoms. The van der Waals surface area contributed by atoms with Crippen LogP contribution >= 0.6 is 0 Å². The third kappa shape index (κ3) is 3.36. The van der Waals surface area contributed by atoms with Crippen molar-refractivity contribution < 1.29 is 15.0 Å². The van der Waals surface area contributed by atoms with Gasteiger partial charge in [0.25, 0.3) is 0 Å². The minimum Gasteiger partial charge on any atom is -0.388 e. The summed E-state index contributed by atoms with van der Waals surface area (Å²) in [5.41, 5.74) is -0.122. The van der Waals surface area contributed by atoms with E-state index in [1.54, 1.807) is 11.9 Å². The molecule has 1 aliphatic rings. The number of hydrogen-bond donors (Lipinski definition) is 3. The van der Waals surface area contributed by atoms with Gasteiger partial charge in [-0.3, -0.25) is 4.79 Å². The lowest BCUT2D eigenvalue weighted by molar-refractivity contribution is -0.131. The Labute approximate surface area is 119 Å². The Morgan fingerprint density at radius 2 is 2.15 bits per heavy atom. The van der Waals surface area contributed by atoms with Crippen LogP contribution in [0.15, 0.2) is 30.3 Å². The molecule has 5 nitrogen and oxygen atoms in total. The fourth-order valence-corrected chi connectivity index (χ4v) is 2.60. The molecule has 1 saturated heterocycles. The zero-order valence-electron chi connectivity index (χ0n) is 11.7. The summed E-state index contributed by atoms with van der Waals surface area (Å²) < 4.78 is 0. The maximum absolute atomic E-state index is 12.1. The van der Waals surface area contributed by atoms with Crippen LogP contribution in [0.1, 0.15) is 12.0 Å². The number of nitrogens with one attached hydrogen (secondary N) is 1. The number of aryl methyl sites for hydroxylation is 1. The highest BCUT2D eigenvalue weighted by molar-refractivity contribution is 5.77. The number of aliphatic hydroxyl groups is 2. The number of carbonyl (C=O) groups is 1. The predicted molar refractivity (Wildman–Crippen MR) is 76.2 cm³/mol. The molecule has 1 amide bonds. The van der Waals surface area contributed by atoms with Crippen LogP contribution in [0.4, 0.5) is 0 Å². The summed E-state index contributed by atoms with van der Waals surface area (Å²) in [5.74, 6) is -0.0278. The summed E-state index contributed by atoms with van der Waals surface area (Å²) in [7, 11) is 1.71. The van der Waals surface area contributed by atoms with E-state index in [0.717, 1.165) is 5.56 Å². The number of likely N-dealkylation sites (N-methyl/N-ethyl adjacent to an activating group) is 1. The summed E-state index contributed by atoms with van der Waals surface area (Å²) in [6, 6.07) is 9.82. The van der Waals surface area contributed by atoms with Crippen LogP contribution in [0, 0.1) is 0 Å². The van der Waals surface area contributed by atoms with Gasteiger partial charge in [-0.2, -0.15) is 0 Å². The molecule has 0 spiro atoms. The quantitative estimate of drug-likeness (QED) is 0.696. The van der Waals surface area contributed by atoms with E-state index in [1.165, 1.54) is 0 Å². The van der Waals surface area contributed by atoms with Gasteiger partial charge >= 0.3 is 0 Å². The predicted octanol–water partition coefficient (Wildman–Crippen LogP) is -0.227. The fourth-order valence-electron chi connectivity index (χ4n) is 2.60. The molecule has 1 aromatic rings. The van der Waals surface area contributed by atoms with E-state index < -0.39 is 11.7 Å². The summed E-state index contributed by atoms with van der Waals surface area (Å²) in [6.45, 7) is 0.658. The first-order valence-corrected chi connectivity index (χ1v) is 6.92. The summed E-state index contributed by atoms with van der Waals surface area (Å²) >= 11 is 0. The standard InChI is InChI=1S/C15H22N2O3/c1-16-10-15(20)11-17(9-13(15)18)14(19)8-7-12-5-3-2-4-6-12/h2-6,13,16,18,20H,7-11H2,1H3/t13-,15+/m1/s1. The summed E-state index contributed by atoms with van der Waals surface area (Å²) in [5, 5.41) is 23.0. The Bertz CT molecular complexity index is 452. The Kier molecular flexibility index (Phi) is 4.75. The molecule has 0 aromatic heterocycles. The number of β-amino-alcohol motifs (C(OH)–C–C–N with tert-alkyl or cyclic N) is 2. The van der Waals surface area contributed by atoms with Crippen LogP contribution in [0.2, 0.25) is 0 Å². The number of amides is 1. The van der Waals surface area contributed by atoms with E-state index in [9.17, 15) is 15.0 Å². The minimum atomic E-state index is -1.24. The maximum Gasteiger partial charge on any atom is 0.223 e. The molecule has 0 radical (unpaired) electrons. The molecule has 5 heteroatoms. The third-order valence-corrected chi connectivity index (χ3v) is 3.78. The lowest BCUT2D eigenvalue weighted by atomic mass is 10.0. The van der Waals surface area contributed by atoms with Crippen LogP contribution in [0.25, 0.3) is 0 Å². The van der Waals surface area contributed by atoms with Gasteiger partial charge in [0.2, 0.25) is 5.91 Å². The lowest BCUT2D eigenvalue weighted by Gasteiger charge is -2.25. The van der Waals surface area contributed by atoms with E-state index >= 15 is 0 Å². The molecule has 3 N–H and O–H groups in total. The summed E-state index contributed by atoms with van der Waals surface area (Å²) in [4.78, 5) is 13.7.